The molecular formula is C18H15ClN6O3. The van der Waals surface area contributed by atoms with Gasteiger partial charge in [0, 0.05) is 18.0 Å². The van der Waals surface area contributed by atoms with E-state index in [9.17, 15) is 9.59 Å². The Bertz CT molecular complexity index is 1260. The highest BCUT2D eigenvalue weighted by atomic mass is 35.5. The number of halogens is 1. The SMILES string of the molecule is Cc1nn2c(nnc3c(=O)n(CCCC(=O)O)cnc32)c1-c1ccc(Cl)cc1. The molecule has 0 atom stereocenters. The van der Waals surface area contributed by atoms with E-state index in [-0.39, 0.29) is 24.0 Å². The molecule has 0 saturated carbocycles. The molecule has 0 aliphatic carbocycles. The lowest BCUT2D eigenvalue weighted by Crippen LogP contribution is -2.23. The molecule has 1 aromatic carbocycles. The molecule has 0 saturated heterocycles. The predicted octanol–water partition coefficient (Wildman–Crippen LogP) is 2.33. The maximum Gasteiger partial charge on any atom is 0.303 e. The number of hydrogen-bond acceptors (Lipinski definition) is 6. The van der Waals surface area contributed by atoms with Crippen molar-refractivity contribution in [2.75, 3.05) is 0 Å². The fraction of sp³-hybridized carbons (Fsp3) is 0.222. The first-order valence-electron chi connectivity index (χ1n) is 8.54. The molecule has 0 aliphatic rings. The van der Waals surface area contributed by atoms with Gasteiger partial charge in [-0.2, -0.15) is 9.61 Å². The van der Waals surface area contributed by atoms with E-state index in [2.05, 4.69) is 20.3 Å². The largest absolute Gasteiger partial charge is 0.481 e. The smallest absolute Gasteiger partial charge is 0.303 e. The maximum absolute atomic E-state index is 12.7. The number of aliphatic carboxylic acids is 1. The Hall–Kier alpha value is -3.33. The van der Waals surface area contributed by atoms with Crippen molar-refractivity contribution < 1.29 is 9.90 Å². The lowest BCUT2D eigenvalue weighted by molar-refractivity contribution is -0.137. The molecule has 0 bridgehead atoms. The Labute approximate surface area is 163 Å². The van der Waals surface area contributed by atoms with Crippen molar-refractivity contribution in [1.29, 1.82) is 0 Å². The molecular weight excluding hydrogens is 384 g/mol. The average Bonchev–Trinajstić information content (AvgIpc) is 3.00. The number of hydrogen-bond donors (Lipinski definition) is 1. The normalized spacial score (nSPS) is 11.4. The molecule has 1 N–H and O–H groups in total. The van der Waals surface area contributed by atoms with Gasteiger partial charge >= 0.3 is 5.97 Å². The Morgan fingerprint density at radius 3 is 2.64 bits per heavy atom. The molecule has 0 spiro atoms. The molecule has 142 valence electrons. The van der Waals surface area contributed by atoms with Crippen LogP contribution < -0.4 is 5.56 Å². The van der Waals surface area contributed by atoms with Crippen LogP contribution in [0.25, 0.3) is 27.9 Å². The number of carboxylic acid groups (broad SMARTS) is 1. The van der Waals surface area contributed by atoms with Gasteiger partial charge in [-0.3, -0.25) is 14.2 Å². The van der Waals surface area contributed by atoms with Gasteiger partial charge in [0.15, 0.2) is 16.8 Å². The van der Waals surface area contributed by atoms with Crippen LogP contribution in [-0.2, 0) is 11.3 Å². The third-order valence-corrected chi connectivity index (χ3v) is 4.65. The van der Waals surface area contributed by atoms with Gasteiger partial charge in [0.2, 0.25) is 0 Å². The molecule has 0 amide bonds. The Balaban J connectivity index is 1.83. The van der Waals surface area contributed by atoms with Gasteiger partial charge in [0.05, 0.1) is 11.3 Å². The van der Waals surface area contributed by atoms with E-state index in [1.54, 1.807) is 12.1 Å². The highest BCUT2D eigenvalue weighted by Crippen LogP contribution is 2.28. The number of benzene rings is 1. The molecule has 9 nitrogen and oxygen atoms in total. The molecule has 0 fully saturated rings. The van der Waals surface area contributed by atoms with Crippen molar-refractivity contribution in [2.24, 2.45) is 0 Å². The van der Waals surface area contributed by atoms with Crippen LogP contribution in [0.4, 0.5) is 0 Å². The zero-order valence-corrected chi connectivity index (χ0v) is 15.6. The molecule has 3 aromatic heterocycles. The summed E-state index contributed by atoms with van der Waals surface area (Å²) < 4.78 is 2.84. The van der Waals surface area contributed by atoms with E-state index in [0.717, 1.165) is 16.8 Å². The Kier molecular flexibility index (Phi) is 4.52. The molecule has 28 heavy (non-hydrogen) atoms. The fourth-order valence-electron chi connectivity index (χ4n) is 3.08. The number of fused-ring (bicyclic) bond motifs is 3. The maximum atomic E-state index is 12.7. The van der Waals surface area contributed by atoms with Crippen molar-refractivity contribution in [3.63, 3.8) is 0 Å². The first-order chi connectivity index (χ1) is 13.5. The number of aryl methyl sites for hydroxylation is 2. The Morgan fingerprint density at radius 1 is 1.18 bits per heavy atom. The fourth-order valence-corrected chi connectivity index (χ4v) is 3.21. The lowest BCUT2D eigenvalue weighted by Gasteiger charge is -2.06. The summed E-state index contributed by atoms with van der Waals surface area (Å²) in [5.74, 6) is -0.912. The van der Waals surface area contributed by atoms with E-state index in [4.69, 9.17) is 16.7 Å². The van der Waals surface area contributed by atoms with E-state index < -0.39 is 5.97 Å². The third kappa shape index (κ3) is 3.09. The van der Waals surface area contributed by atoms with Gasteiger partial charge < -0.3 is 5.11 Å². The minimum absolute atomic E-state index is 0.0298. The molecule has 4 aromatic rings. The molecule has 0 radical (unpaired) electrons. The summed E-state index contributed by atoms with van der Waals surface area (Å²) in [5, 5.41) is 22.1. The summed E-state index contributed by atoms with van der Waals surface area (Å²) in [6.45, 7) is 2.08. The summed E-state index contributed by atoms with van der Waals surface area (Å²) in [6, 6.07) is 7.29. The average molecular weight is 399 g/mol. The first-order valence-corrected chi connectivity index (χ1v) is 8.92. The second-order valence-corrected chi connectivity index (χ2v) is 6.75. The van der Waals surface area contributed by atoms with Gasteiger partial charge in [-0.05, 0) is 31.0 Å². The van der Waals surface area contributed by atoms with Crippen molar-refractivity contribution in [3.8, 4) is 11.1 Å². The zero-order valence-electron chi connectivity index (χ0n) is 14.8. The lowest BCUT2D eigenvalue weighted by atomic mass is 10.1. The summed E-state index contributed by atoms with van der Waals surface area (Å²) in [6.07, 6.45) is 1.67. The number of carboxylic acids is 1. The van der Waals surface area contributed by atoms with Gasteiger partial charge in [-0.25, -0.2) is 4.98 Å². The third-order valence-electron chi connectivity index (χ3n) is 4.40. The zero-order chi connectivity index (χ0) is 19.8. The summed E-state index contributed by atoms with van der Waals surface area (Å²) in [7, 11) is 0. The number of carbonyl (C=O) groups is 1. The van der Waals surface area contributed by atoms with Crippen LogP contribution >= 0.6 is 11.6 Å². The summed E-state index contributed by atoms with van der Waals surface area (Å²) >= 11 is 5.97. The minimum atomic E-state index is -0.912. The monoisotopic (exact) mass is 398 g/mol. The van der Waals surface area contributed by atoms with E-state index >= 15 is 0 Å². The van der Waals surface area contributed by atoms with Crippen molar-refractivity contribution in [2.45, 2.75) is 26.3 Å². The van der Waals surface area contributed by atoms with Crippen LogP contribution in [0.1, 0.15) is 18.5 Å². The van der Waals surface area contributed by atoms with Crippen LogP contribution in [0, 0.1) is 6.92 Å². The molecule has 3 heterocycles. The van der Waals surface area contributed by atoms with Crippen molar-refractivity contribution in [1.82, 2.24) is 29.4 Å². The second-order valence-electron chi connectivity index (χ2n) is 6.32. The number of aromatic nitrogens is 6. The van der Waals surface area contributed by atoms with Gasteiger partial charge in [-0.15, -0.1) is 10.2 Å². The van der Waals surface area contributed by atoms with E-state index in [0.29, 0.717) is 22.7 Å². The van der Waals surface area contributed by atoms with E-state index in [1.807, 2.05) is 19.1 Å². The minimum Gasteiger partial charge on any atom is -0.481 e. The quantitative estimate of drug-likeness (QED) is 0.548. The number of rotatable bonds is 5. The molecule has 0 unspecified atom stereocenters. The van der Waals surface area contributed by atoms with E-state index in [1.165, 1.54) is 15.4 Å². The van der Waals surface area contributed by atoms with Gasteiger partial charge in [-0.1, -0.05) is 23.7 Å². The molecule has 0 aliphatic heterocycles. The van der Waals surface area contributed by atoms with Crippen LogP contribution in [0.2, 0.25) is 5.02 Å². The van der Waals surface area contributed by atoms with Gasteiger partial charge in [0.25, 0.3) is 5.56 Å². The summed E-state index contributed by atoms with van der Waals surface area (Å²) in [4.78, 5) is 27.6. The topological polar surface area (TPSA) is 115 Å². The predicted molar refractivity (Wildman–Crippen MR) is 102 cm³/mol. The Morgan fingerprint density at radius 2 is 1.93 bits per heavy atom. The second kappa shape index (κ2) is 7.01. The van der Waals surface area contributed by atoms with Gasteiger partial charge in [0.1, 0.15) is 6.33 Å². The summed E-state index contributed by atoms with van der Waals surface area (Å²) in [5.41, 5.74) is 2.87. The molecule has 10 heteroatoms. The van der Waals surface area contributed by atoms with Crippen LogP contribution in [0.5, 0.6) is 0 Å². The van der Waals surface area contributed by atoms with Crippen LogP contribution in [0.3, 0.4) is 0 Å². The van der Waals surface area contributed by atoms with Crippen molar-refractivity contribution in [3.05, 3.63) is 51.7 Å². The standard InChI is InChI=1S/C18H15ClN6O3/c1-10-14(11-4-6-12(19)7-5-11)16-22-21-15-17(25(16)23-10)20-9-24(18(15)28)8-2-3-13(26)27/h4-7,9H,2-3,8H2,1H3,(H,26,27). The van der Waals surface area contributed by atoms with Crippen LogP contribution in [-0.4, -0.2) is 40.4 Å². The highest BCUT2D eigenvalue weighted by molar-refractivity contribution is 6.30. The number of nitrogens with zero attached hydrogens (tertiary/aromatic N) is 6. The first kappa shape index (κ1) is 18.1. The molecule has 4 rings (SSSR count). The van der Waals surface area contributed by atoms with Crippen molar-refractivity contribution >= 4 is 34.4 Å². The highest BCUT2D eigenvalue weighted by Gasteiger charge is 2.18. The van der Waals surface area contributed by atoms with Crippen LogP contribution in [0.15, 0.2) is 35.4 Å².